The van der Waals surface area contributed by atoms with E-state index in [4.69, 9.17) is 9.47 Å². The van der Waals surface area contributed by atoms with Crippen LogP contribution in [-0.4, -0.2) is 60.5 Å². The Hall–Kier alpha value is -2.98. The van der Waals surface area contributed by atoms with Gasteiger partial charge in [-0.25, -0.2) is 4.98 Å². The van der Waals surface area contributed by atoms with Gasteiger partial charge in [-0.1, -0.05) is 12.1 Å². The first-order valence-electron chi connectivity index (χ1n) is 10.6. The lowest BCUT2D eigenvalue weighted by atomic mass is 10.0. The van der Waals surface area contributed by atoms with Gasteiger partial charge >= 0.3 is 0 Å². The number of anilines is 1. The number of nitrogens with zero attached hydrogens (tertiary/aromatic N) is 2. The molecule has 3 amide bonds. The van der Waals surface area contributed by atoms with Gasteiger partial charge in [-0.15, -0.1) is 11.3 Å². The number of benzene rings is 1. The topological polar surface area (TPSA) is 110 Å². The van der Waals surface area contributed by atoms with E-state index in [1.165, 1.54) is 23.3 Å². The van der Waals surface area contributed by atoms with Gasteiger partial charge in [-0.2, -0.15) is 0 Å². The number of amides is 3. The average molecular weight is 477 g/mol. The second kappa shape index (κ2) is 12.3. The van der Waals surface area contributed by atoms with Crippen molar-refractivity contribution in [3.05, 3.63) is 41.4 Å². The predicted octanol–water partition coefficient (Wildman–Crippen LogP) is 3.00. The Morgan fingerprint density at radius 3 is 2.36 bits per heavy atom. The van der Waals surface area contributed by atoms with Crippen molar-refractivity contribution in [3.8, 4) is 5.75 Å². The zero-order chi connectivity index (χ0) is 24.4. The summed E-state index contributed by atoms with van der Waals surface area (Å²) in [6, 6.07) is 6.11. The summed E-state index contributed by atoms with van der Waals surface area (Å²) in [4.78, 5) is 44.3. The van der Waals surface area contributed by atoms with Crippen molar-refractivity contribution in [1.82, 2.24) is 15.2 Å². The molecule has 1 unspecified atom stereocenters. The standard InChI is InChI=1S/C23H32N4O5S/c1-23(2,3)26-21(30)20(16-6-8-17(32-5)9-7-16)27(13-14-31-4)19(29)11-10-18(28)25-22-24-12-15-33-22/h6-9,12,15,20H,10-11,13-14H2,1-5H3,(H,26,30)(H,24,25,28). The minimum absolute atomic E-state index is 0.0296. The number of hydrogen-bond acceptors (Lipinski definition) is 7. The molecule has 1 atom stereocenters. The highest BCUT2D eigenvalue weighted by atomic mass is 32.1. The molecule has 2 aromatic rings. The third-order valence-electron chi connectivity index (χ3n) is 4.59. The van der Waals surface area contributed by atoms with E-state index in [0.717, 1.165) is 0 Å². The number of aromatic nitrogens is 1. The Labute approximate surface area is 198 Å². The molecule has 180 valence electrons. The second-order valence-electron chi connectivity index (χ2n) is 8.38. The number of hydrogen-bond donors (Lipinski definition) is 2. The van der Waals surface area contributed by atoms with E-state index in [9.17, 15) is 14.4 Å². The summed E-state index contributed by atoms with van der Waals surface area (Å²) in [5.41, 5.74) is 0.139. The molecule has 0 saturated carbocycles. The molecular formula is C23H32N4O5S. The van der Waals surface area contributed by atoms with Crippen LogP contribution in [0.1, 0.15) is 45.2 Å². The van der Waals surface area contributed by atoms with Gasteiger partial charge in [0.15, 0.2) is 5.13 Å². The molecular weight excluding hydrogens is 444 g/mol. The number of carbonyl (C=O) groups excluding carboxylic acids is 3. The molecule has 0 aliphatic heterocycles. The number of nitrogens with one attached hydrogen (secondary N) is 2. The molecule has 0 aliphatic rings. The third kappa shape index (κ3) is 8.47. The van der Waals surface area contributed by atoms with Crippen LogP contribution < -0.4 is 15.4 Å². The van der Waals surface area contributed by atoms with Gasteiger partial charge in [0.05, 0.1) is 13.7 Å². The Morgan fingerprint density at radius 1 is 1.12 bits per heavy atom. The first kappa shape index (κ1) is 26.3. The van der Waals surface area contributed by atoms with Gasteiger partial charge in [0.2, 0.25) is 17.7 Å². The van der Waals surface area contributed by atoms with Crippen LogP contribution in [-0.2, 0) is 19.1 Å². The van der Waals surface area contributed by atoms with Gasteiger partial charge < -0.3 is 25.0 Å². The van der Waals surface area contributed by atoms with E-state index in [1.54, 1.807) is 43.0 Å². The van der Waals surface area contributed by atoms with E-state index in [0.29, 0.717) is 16.4 Å². The minimum Gasteiger partial charge on any atom is -0.497 e. The lowest BCUT2D eigenvalue weighted by molar-refractivity contribution is -0.142. The Morgan fingerprint density at radius 2 is 1.82 bits per heavy atom. The second-order valence-corrected chi connectivity index (χ2v) is 9.27. The van der Waals surface area contributed by atoms with Crippen molar-refractivity contribution in [3.63, 3.8) is 0 Å². The molecule has 33 heavy (non-hydrogen) atoms. The van der Waals surface area contributed by atoms with Crippen molar-refractivity contribution in [1.29, 1.82) is 0 Å². The smallest absolute Gasteiger partial charge is 0.247 e. The number of carbonyl (C=O) groups is 3. The molecule has 1 aromatic carbocycles. The first-order valence-corrected chi connectivity index (χ1v) is 11.5. The lowest BCUT2D eigenvalue weighted by Crippen LogP contribution is -2.50. The Balaban J connectivity index is 2.25. The SMILES string of the molecule is COCCN(C(=O)CCC(=O)Nc1nccs1)C(C(=O)NC(C)(C)C)c1ccc(OC)cc1. The van der Waals surface area contributed by atoms with Crippen LogP contribution in [0.5, 0.6) is 5.75 Å². The maximum absolute atomic E-state index is 13.3. The zero-order valence-electron chi connectivity index (χ0n) is 19.7. The molecule has 0 bridgehead atoms. The van der Waals surface area contributed by atoms with Gasteiger partial charge in [0.1, 0.15) is 11.8 Å². The average Bonchev–Trinajstić information content (AvgIpc) is 3.26. The van der Waals surface area contributed by atoms with Crippen LogP contribution in [0.15, 0.2) is 35.8 Å². The largest absolute Gasteiger partial charge is 0.497 e. The van der Waals surface area contributed by atoms with Gasteiger partial charge in [0, 0.05) is 43.6 Å². The number of methoxy groups -OCH3 is 2. The van der Waals surface area contributed by atoms with E-state index >= 15 is 0 Å². The fourth-order valence-corrected chi connectivity index (χ4v) is 3.66. The summed E-state index contributed by atoms with van der Waals surface area (Å²) in [7, 11) is 3.09. The normalized spacial score (nSPS) is 12.0. The summed E-state index contributed by atoms with van der Waals surface area (Å²) in [5, 5.41) is 7.86. The quantitative estimate of drug-likeness (QED) is 0.516. The maximum atomic E-state index is 13.3. The molecule has 10 heteroatoms. The molecule has 9 nitrogen and oxygen atoms in total. The summed E-state index contributed by atoms with van der Waals surface area (Å²) in [5.74, 6) is -0.317. The first-order chi connectivity index (χ1) is 15.6. The highest BCUT2D eigenvalue weighted by Gasteiger charge is 2.33. The summed E-state index contributed by atoms with van der Waals surface area (Å²) >= 11 is 1.30. The van der Waals surface area contributed by atoms with Crippen molar-refractivity contribution in [2.45, 2.75) is 45.2 Å². The minimum atomic E-state index is -0.889. The summed E-state index contributed by atoms with van der Waals surface area (Å²) in [6.07, 6.45) is 1.50. The highest BCUT2D eigenvalue weighted by molar-refractivity contribution is 7.13. The van der Waals surface area contributed by atoms with Crippen molar-refractivity contribution >= 4 is 34.2 Å². The molecule has 0 saturated heterocycles. The molecule has 0 fully saturated rings. The van der Waals surface area contributed by atoms with Crippen molar-refractivity contribution in [2.24, 2.45) is 0 Å². The highest BCUT2D eigenvalue weighted by Crippen LogP contribution is 2.26. The van der Waals surface area contributed by atoms with Crippen LogP contribution in [0.2, 0.25) is 0 Å². The predicted molar refractivity (Wildman–Crippen MR) is 127 cm³/mol. The van der Waals surface area contributed by atoms with E-state index in [2.05, 4.69) is 15.6 Å². The van der Waals surface area contributed by atoms with E-state index in [1.807, 2.05) is 20.8 Å². The van der Waals surface area contributed by atoms with E-state index in [-0.39, 0.29) is 43.7 Å². The van der Waals surface area contributed by atoms with Gasteiger partial charge in [-0.05, 0) is 38.5 Å². The number of ether oxygens (including phenoxy) is 2. The molecule has 0 aliphatic carbocycles. The van der Waals surface area contributed by atoms with Crippen LogP contribution >= 0.6 is 11.3 Å². The van der Waals surface area contributed by atoms with Gasteiger partial charge in [-0.3, -0.25) is 14.4 Å². The fourth-order valence-electron chi connectivity index (χ4n) is 3.12. The van der Waals surface area contributed by atoms with Crippen molar-refractivity contribution in [2.75, 3.05) is 32.7 Å². The van der Waals surface area contributed by atoms with Gasteiger partial charge in [0.25, 0.3) is 0 Å². The molecule has 1 heterocycles. The molecule has 2 rings (SSSR count). The van der Waals surface area contributed by atoms with Crippen molar-refractivity contribution < 1.29 is 23.9 Å². The van der Waals surface area contributed by atoms with Crippen LogP contribution in [0.25, 0.3) is 0 Å². The summed E-state index contributed by atoms with van der Waals surface area (Å²) in [6.45, 7) is 6.06. The molecule has 2 N–H and O–H groups in total. The van der Waals surface area contributed by atoms with E-state index < -0.39 is 11.6 Å². The molecule has 1 aromatic heterocycles. The Kier molecular flexibility index (Phi) is 9.80. The third-order valence-corrected chi connectivity index (χ3v) is 5.28. The number of thiazole rings is 1. The zero-order valence-corrected chi connectivity index (χ0v) is 20.5. The van der Waals surface area contributed by atoms with Crippen LogP contribution in [0.4, 0.5) is 5.13 Å². The fraction of sp³-hybridized carbons (Fsp3) is 0.478. The number of rotatable bonds is 11. The monoisotopic (exact) mass is 476 g/mol. The lowest BCUT2D eigenvalue weighted by Gasteiger charge is -2.33. The Bertz CT molecular complexity index is 910. The summed E-state index contributed by atoms with van der Waals surface area (Å²) < 4.78 is 10.4. The molecule has 0 spiro atoms. The van der Waals surface area contributed by atoms with Crippen LogP contribution in [0.3, 0.4) is 0 Å². The maximum Gasteiger partial charge on any atom is 0.247 e. The molecule has 0 radical (unpaired) electrons. The van der Waals surface area contributed by atoms with Crippen LogP contribution in [0, 0.1) is 0 Å².